The van der Waals surface area contributed by atoms with Crippen LogP contribution in [-0.2, 0) is 13.1 Å². The van der Waals surface area contributed by atoms with E-state index in [9.17, 15) is 9.65 Å². The summed E-state index contributed by atoms with van der Waals surface area (Å²) in [5.41, 5.74) is 3.83. The third-order valence-corrected chi connectivity index (χ3v) is 7.79. The second-order valence-electron chi connectivity index (χ2n) is 9.43. The third kappa shape index (κ3) is 5.90. The van der Waals surface area contributed by atoms with E-state index >= 15 is 0 Å². The molecule has 2 aromatic carbocycles. The van der Waals surface area contributed by atoms with Crippen LogP contribution in [0.5, 0.6) is 0 Å². The Balaban J connectivity index is 1.33. The molecule has 0 radical (unpaired) electrons. The van der Waals surface area contributed by atoms with Gasteiger partial charge in [-0.3, -0.25) is 9.67 Å². The Hall–Kier alpha value is -3.26. The highest BCUT2D eigenvalue weighted by Gasteiger charge is 2.19. The number of halogens is 3. The standard InChI is InChI=1S/C27H27BrClFN8/c1-2-37-7-5-17(6-8-37)15-38-16-21(35-36-38)14-32-20-9-22-26(34-19-3-4-25(30)24(29)11-19)18(12-31)13-33-27(22)23(28)10-20/h3-4,9-11,13,16-17,32H,2,5-8,14-15H2,1H3,(H,33,34). The van der Waals surface area contributed by atoms with Crippen molar-refractivity contribution in [1.29, 1.82) is 5.26 Å². The highest BCUT2D eigenvalue weighted by Crippen LogP contribution is 2.35. The van der Waals surface area contributed by atoms with E-state index in [0.717, 1.165) is 47.4 Å². The van der Waals surface area contributed by atoms with E-state index < -0.39 is 5.82 Å². The summed E-state index contributed by atoms with van der Waals surface area (Å²) in [6.07, 6.45) is 5.88. The van der Waals surface area contributed by atoms with Gasteiger partial charge in [-0.05, 0) is 84.7 Å². The molecule has 0 unspecified atom stereocenters. The number of hydrogen-bond acceptors (Lipinski definition) is 7. The summed E-state index contributed by atoms with van der Waals surface area (Å²) >= 11 is 9.58. The monoisotopic (exact) mass is 596 g/mol. The van der Waals surface area contributed by atoms with Gasteiger partial charge in [-0.2, -0.15) is 5.26 Å². The lowest BCUT2D eigenvalue weighted by atomic mass is 9.97. The maximum Gasteiger partial charge on any atom is 0.141 e. The zero-order chi connectivity index (χ0) is 26.6. The van der Waals surface area contributed by atoms with Crippen LogP contribution < -0.4 is 10.6 Å². The molecule has 1 saturated heterocycles. The van der Waals surface area contributed by atoms with Gasteiger partial charge in [-0.25, -0.2) is 4.39 Å². The number of fused-ring (bicyclic) bond motifs is 1. The van der Waals surface area contributed by atoms with E-state index in [4.69, 9.17) is 11.6 Å². The number of nitrogens with one attached hydrogen (secondary N) is 2. The van der Waals surface area contributed by atoms with E-state index in [2.05, 4.69) is 59.8 Å². The summed E-state index contributed by atoms with van der Waals surface area (Å²) in [7, 11) is 0. The van der Waals surface area contributed by atoms with E-state index in [1.807, 2.05) is 23.0 Å². The first-order chi connectivity index (χ1) is 18.4. The number of hydrogen-bond donors (Lipinski definition) is 2. The molecular formula is C27H27BrClFN8. The molecule has 0 spiro atoms. The average molecular weight is 598 g/mol. The molecule has 4 aromatic rings. The topological polar surface area (TPSA) is 94.7 Å². The molecule has 38 heavy (non-hydrogen) atoms. The van der Waals surface area contributed by atoms with Crippen LogP contribution in [0.1, 0.15) is 31.0 Å². The van der Waals surface area contributed by atoms with Crippen LogP contribution in [0, 0.1) is 23.1 Å². The van der Waals surface area contributed by atoms with Gasteiger partial charge < -0.3 is 15.5 Å². The van der Waals surface area contributed by atoms with Gasteiger partial charge in [-0.1, -0.05) is 23.7 Å². The fraction of sp³-hybridized carbons (Fsp3) is 0.333. The van der Waals surface area contributed by atoms with E-state index in [1.54, 1.807) is 6.07 Å². The maximum absolute atomic E-state index is 13.7. The Labute approximate surface area is 233 Å². The van der Waals surface area contributed by atoms with Crippen LogP contribution in [-0.4, -0.2) is 44.5 Å². The van der Waals surface area contributed by atoms with Crippen molar-refractivity contribution in [2.45, 2.75) is 32.9 Å². The second kappa shape index (κ2) is 11.6. The summed E-state index contributed by atoms with van der Waals surface area (Å²) in [5, 5.41) is 25.8. The molecule has 5 rings (SSSR count). The van der Waals surface area contributed by atoms with Gasteiger partial charge in [0.1, 0.15) is 17.6 Å². The molecule has 2 aromatic heterocycles. The number of nitriles is 1. The molecule has 11 heteroatoms. The molecule has 2 N–H and O–H groups in total. The van der Waals surface area contributed by atoms with Crippen LogP contribution in [0.15, 0.2) is 47.2 Å². The number of benzene rings is 2. The van der Waals surface area contributed by atoms with Gasteiger partial charge in [0.05, 0.1) is 34.5 Å². The normalized spacial score (nSPS) is 14.5. The van der Waals surface area contributed by atoms with Gasteiger partial charge in [0, 0.05) is 34.0 Å². The fourth-order valence-corrected chi connectivity index (χ4v) is 5.49. The number of nitrogens with zero attached hydrogens (tertiary/aromatic N) is 6. The molecular weight excluding hydrogens is 571 g/mol. The van der Waals surface area contributed by atoms with Crippen molar-refractivity contribution in [1.82, 2.24) is 24.9 Å². The molecule has 1 aliphatic rings. The van der Waals surface area contributed by atoms with Gasteiger partial charge >= 0.3 is 0 Å². The molecule has 8 nitrogen and oxygen atoms in total. The SMILES string of the molecule is CCN1CCC(Cn2cc(CNc3cc(Br)c4ncc(C#N)c(Nc5ccc(F)c(Cl)c5)c4c3)nn2)CC1. The number of pyridine rings is 1. The molecule has 0 amide bonds. The average Bonchev–Trinajstić information content (AvgIpc) is 3.37. The van der Waals surface area contributed by atoms with Crippen molar-refractivity contribution < 1.29 is 4.39 Å². The molecule has 1 aliphatic heterocycles. The highest BCUT2D eigenvalue weighted by atomic mass is 79.9. The summed E-state index contributed by atoms with van der Waals surface area (Å²) < 4.78 is 16.4. The zero-order valence-corrected chi connectivity index (χ0v) is 23.2. The lowest BCUT2D eigenvalue weighted by Gasteiger charge is -2.30. The lowest BCUT2D eigenvalue weighted by molar-refractivity contribution is 0.177. The molecule has 0 atom stereocenters. The Morgan fingerprint density at radius 1 is 1.21 bits per heavy atom. The van der Waals surface area contributed by atoms with E-state index in [1.165, 1.54) is 31.2 Å². The minimum Gasteiger partial charge on any atom is -0.379 e. The minimum atomic E-state index is -0.509. The minimum absolute atomic E-state index is 0.00475. The number of piperidine rings is 1. The fourth-order valence-electron chi connectivity index (χ4n) is 4.75. The summed E-state index contributed by atoms with van der Waals surface area (Å²) in [6.45, 7) is 7.00. The first-order valence-corrected chi connectivity index (χ1v) is 13.7. The second-order valence-corrected chi connectivity index (χ2v) is 10.7. The van der Waals surface area contributed by atoms with Crippen LogP contribution in [0.3, 0.4) is 0 Å². The van der Waals surface area contributed by atoms with Crippen molar-refractivity contribution in [2.75, 3.05) is 30.3 Å². The van der Waals surface area contributed by atoms with E-state index in [-0.39, 0.29) is 5.02 Å². The van der Waals surface area contributed by atoms with Crippen LogP contribution in [0.4, 0.5) is 21.5 Å². The summed E-state index contributed by atoms with van der Waals surface area (Å²) in [6, 6.07) is 10.4. The van der Waals surface area contributed by atoms with Crippen molar-refractivity contribution in [3.63, 3.8) is 0 Å². The van der Waals surface area contributed by atoms with Crippen LogP contribution >= 0.6 is 27.5 Å². The first kappa shape index (κ1) is 26.4. The lowest BCUT2D eigenvalue weighted by Crippen LogP contribution is -2.34. The smallest absolute Gasteiger partial charge is 0.141 e. The van der Waals surface area contributed by atoms with Crippen LogP contribution in [0.25, 0.3) is 10.9 Å². The number of rotatable bonds is 8. The molecule has 0 aliphatic carbocycles. The molecule has 0 bridgehead atoms. The van der Waals surface area contributed by atoms with Gasteiger partial charge in [0.2, 0.25) is 0 Å². The molecule has 0 saturated carbocycles. The van der Waals surface area contributed by atoms with Crippen molar-refractivity contribution >= 4 is 55.5 Å². The Bertz CT molecular complexity index is 1490. The van der Waals surface area contributed by atoms with Gasteiger partial charge in [0.15, 0.2) is 0 Å². The summed E-state index contributed by atoms with van der Waals surface area (Å²) in [5.74, 6) is 0.117. The molecule has 3 heterocycles. The summed E-state index contributed by atoms with van der Waals surface area (Å²) in [4.78, 5) is 6.95. The van der Waals surface area contributed by atoms with E-state index in [0.29, 0.717) is 34.9 Å². The van der Waals surface area contributed by atoms with Crippen LogP contribution in [0.2, 0.25) is 5.02 Å². The zero-order valence-electron chi connectivity index (χ0n) is 20.9. The Morgan fingerprint density at radius 2 is 2.03 bits per heavy atom. The number of aromatic nitrogens is 4. The predicted molar refractivity (Wildman–Crippen MR) is 151 cm³/mol. The van der Waals surface area contributed by atoms with Gasteiger partial charge in [-0.15, -0.1) is 5.10 Å². The van der Waals surface area contributed by atoms with Crippen molar-refractivity contribution in [3.05, 3.63) is 69.3 Å². The largest absolute Gasteiger partial charge is 0.379 e. The highest BCUT2D eigenvalue weighted by molar-refractivity contribution is 9.10. The predicted octanol–water partition coefficient (Wildman–Crippen LogP) is 6.34. The van der Waals surface area contributed by atoms with Gasteiger partial charge in [0.25, 0.3) is 0 Å². The number of likely N-dealkylation sites (tertiary alicyclic amines) is 1. The van der Waals surface area contributed by atoms with Crippen molar-refractivity contribution in [2.24, 2.45) is 5.92 Å². The third-order valence-electron chi connectivity index (χ3n) is 6.89. The Kier molecular flexibility index (Phi) is 8.07. The van der Waals surface area contributed by atoms with Crippen molar-refractivity contribution in [3.8, 4) is 6.07 Å². The molecule has 196 valence electrons. The molecule has 1 fully saturated rings. The number of anilines is 3. The Morgan fingerprint density at radius 3 is 2.76 bits per heavy atom. The first-order valence-electron chi connectivity index (χ1n) is 12.5. The quantitative estimate of drug-likeness (QED) is 0.245. The maximum atomic E-state index is 13.7.